The minimum Gasteiger partial charge on any atom is -0.347 e. The fourth-order valence-electron chi connectivity index (χ4n) is 2.57. The third-order valence-electron chi connectivity index (χ3n) is 3.84. The smallest absolute Gasteiger partial charge is 0.233 e. The van der Waals surface area contributed by atoms with Crippen molar-refractivity contribution in [2.75, 3.05) is 7.05 Å². The number of aromatic amines is 1. The SMILES string of the molecule is CN(Cc1ncc[nH]1)C(=O)C1(c2ccc(Br)cc2)CC1. The molecule has 1 fully saturated rings. The molecule has 1 aliphatic rings. The van der Waals surface area contributed by atoms with Crippen LogP contribution in [0.2, 0.25) is 0 Å². The first-order valence-corrected chi connectivity index (χ1v) is 7.41. The first-order valence-electron chi connectivity index (χ1n) is 6.62. The zero-order chi connectivity index (χ0) is 14.2. The molecule has 1 amide bonds. The molecule has 1 heterocycles. The van der Waals surface area contributed by atoms with Gasteiger partial charge in [-0.1, -0.05) is 28.1 Å². The number of nitrogens with one attached hydrogen (secondary N) is 1. The first kappa shape index (κ1) is 13.4. The van der Waals surface area contributed by atoms with E-state index in [0.29, 0.717) is 6.54 Å². The number of aromatic nitrogens is 2. The summed E-state index contributed by atoms with van der Waals surface area (Å²) in [6.07, 6.45) is 5.33. The second-order valence-corrected chi connectivity index (χ2v) is 6.20. The van der Waals surface area contributed by atoms with Crippen LogP contribution in [0.4, 0.5) is 0 Å². The highest BCUT2D eigenvalue weighted by Crippen LogP contribution is 2.49. The minimum absolute atomic E-state index is 0.177. The van der Waals surface area contributed by atoms with Gasteiger partial charge < -0.3 is 9.88 Å². The molecule has 4 nitrogen and oxygen atoms in total. The molecular formula is C15H16BrN3O. The Bertz CT molecular complexity index is 603. The lowest BCUT2D eigenvalue weighted by Crippen LogP contribution is -2.36. The molecule has 0 atom stereocenters. The second kappa shape index (κ2) is 5.05. The number of rotatable bonds is 4. The van der Waals surface area contributed by atoms with E-state index in [2.05, 4.69) is 25.9 Å². The highest BCUT2D eigenvalue weighted by atomic mass is 79.9. The van der Waals surface area contributed by atoms with E-state index in [4.69, 9.17) is 0 Å². The number of H-pyrrole nitrogens is 1. The number of hydrogen-bond donors (Lipinski definition) is 1. The maximum absolute atomic E-state index is 12.7. The van der Waals surface area contributed by atoms with Crippen LogP contribution < -0.4 is 0 Å². The molecule has 1 aromatic heterocycles. The average Bonchev–Trinajstić information content (AvgIpc) is 3.10. The van der Waals surface area contributed by atoms with Crippen molar-refractivity contribution >= 4 is 21.8 Å². The van der Waals surface area contributed by atoms with Crippen LogP contribution in [0.15, 0.2) is 41.1 Å². The lowest BCUT2D eigenvalue weighted by atomic mass is 9.94. The van der Waals surface area contributed by atoms with Crippen molar-refractivity contribution in [1.82, 2.24) is 14.9 Å². The molecule has 1 saturated carbocycles. The maximum atomic E-state index is 12.7. The quantitative estimate of drug-likeness (QED) is 0.935. The topological polar surface area (TPSA) is 49.0 Å². The van der Waals surface area contributed by atoms with Crippen molar-refractivity contribution in [2.45, 2.75) is 24.8 Å². The normalized spacial score (nSPS) is 15.9. The van der Waals surface area contributed by atoms with Crippen LogP contribution in [0, 0.1) is 0 Å². The zero-order valence-corrected chi connectivity index (χ0v) is 12.9. The number of benzene rings is 1. The molecule has 2 aromatic rings. The van der Waals surface area contributed by atoms with Crippen molar-refractivity contribution in [3.8, 4) is 0 Å². The van der Waals surface area contributed by atoms with Crippen LogP contribution in [-0.2, 0) is 16.8 Å². The third-order valence-corrected chi connectivity index (χ3v) is 4.37. The maximum Gasteiger partial charge on any atom is 0.233 e. The van der Waals surface area contributed by atoms with E-state index in [0.717, 1.165) is 28.7 Å². The highest BCUT2D eigenvalue weighted by molar-refractivity contribution is 9.10. The van der Waals surface area contributed by atoms with Crippen LogP contribution in [0.25, 0.3) is 0 Å². The molecule has 5 heteroatoms. The molecule has 1 N–H and O–H groups in total. The van der Waals surface area contributed by atoms with E-state index in [-0.39, 0.29) is 11.3 Å². The molecular weight excluding hydrogens is 318 g/mol. The molecule has 20 heavy (non-hydrogen) atoms. The van der Waals surface area contributed by atoms with Gasteiger partial charge in [-0.2, -0.15) is 0 Å². The van der Waals surface area contributed by atoms with E-state index in [1.165, 1.54) is 0 Å². The standard InChI is InChI=1S/C15H16BrN3O/c1-19(10-13-17-8-9-18-13)14(20)15(6-7-15)11-2-4-12(16)5-3-11/h2-5,8-9H,6-7,10H2,1H3,(H,17,18). The Balaban J connectivity index is 1.77. The summed E-state index contributed by atoms with van der Waals surface area (Å²) >= 11 is 3.43. The minimum atomic E-state index is -0.317. The van der Waals surface area contributed by atoms with Crippen molar-refractivity contribution in [3.63, 3.8) is 0 Å². The molecule has 1 aliphatic carbocycles. The first-order chi connectivity index (χ1) is 9.62. The molecule has 0 saturated heterocycles. The van der Waals surface area contributed by atoms with Crippen molar-refractivity contribution in [3.05, 3.63) is 52.5 Å². The van der Waals surface area contributed by atoms with Gasteiger partial charge in [0.05, 0.1) is 12.0 Å². The number of nitrogens with zero attached hydrogens (tertiary/aromatic N) is 2. The Labute approximate surface area is 126 Å². The van der Waals surface area contributed by atoms with Crippen LogP contribution in [-0.4, -0.2) is 27.8 Å². The van der Waals surface area contributed by atoms with Gasteiger partial charge in [0.2, 0.25) is 5.91 Å². The van der Waals surface area contributed by atoms with Gasteiger partial charge in [0.25, 0.3) is 0 Å². The fraction of sp³-hybridized carbons (Fsp3) is 0.333. The van der Waals surface area contributed by atoms with Crippen LogP contribution >= 0.6 is 15.9 Å². The van der Waals surface area contributed by atoms with E-state index in [9.17, 15) is 4.79 Å². The number of carbonyl (C=O) groups is 1. The Kier molecular flexibility index (Phi) is 3.38. The van der Waals surface area contributed by atoms with Gasteiger partial charge in [-0.15, -0.1) is 0 Å². The lowest BCUT2D eigenvalue weighted by Gasteiger charge is -2.23. The number of halogens is 1. The molecule has 3 rings (SSSR count). The summed E-state index contributed by atoms with van der Waals surface area (Å²) in [5.74, 6) is 0.990. The summed E-state index contributed by atoms with van der Waals surface area (Å²) in [5.41, 5.74) is 0.791. The molecule has 0 radical (unpaired) electrons. The van der Waals surface area contributed by atoms with Gasteiger partial charge in [0, 0.05) is 23.9 Å². The van der Waals surface area contributed by atoms with Gasteiger partial charge in [-0.05, 0) is 30.5 Å². The summed E-state index contributed by atoms with van der Waals surface area (Å²) in [4.78, 5) is 21.7. The van der Waals surface area contributed by atoms with Crippen LogP contribution in [0.3, 0.4) is 0 Å². The summed E-state index contributed by atoms with van der Waals surface area (Å²) in [7, 11) is 1.84. The largest absolute Gasteiger partial charge is 0.347 e. The highest BCUT2D eigenvalue weighted by Gasteiger charge is 2.52. The van der Waals surface area contributed by atoms with Gasteiger partial charge >= 0.3 is 0 Å². The van der Waals surface area contributed by atoms with Crippen LogP contribution in [0.5, 0.6) is 0 Å². The summed E-state index contributed by atoms with van der Waals surface area (Å²) < 4.78 is 1.04. The Morgan fingerprint density at radius 2 is 2.10 bits per heavy atom. The lowest BCUT2D eigenvalue weighted by molar-refractivity contribution is -0.133. The van der Waals surface area contributed by atoms with Gasteiger partial charge in [-0.3, -0.25) is 4.79 Å². The number of likely N-dealkylation sites (N-methyl/N-ethyl adjacent to an activating group) is 1. The average molecular weight is 334 g/mol. The van der Waals surface area contributed by atoms with Crippen molar-refractivity contribution in [2.24, 2.45) is 0 Å². The van der Waals surface area contributed by atoms with E-state index in [1.807, 2.05) is 31.3 Å². The molecule has 1 aromatic carbocycles. The van der Waals surface area contributed by atoms with Crippen molar-refractivity contribution < 1.29 is 4.79 Å². The third kappa shape index (κ3) is 2.38. The Morgan fingerprint density at radius 1 is 1.40 bits per heavy atom. The van der Waals surface area contributed by atoms with Gasteiger partial charge in [0.15, 0.2) is 0 Å². The van der Waals surface area contributed by atoms with Gasteiger partial charge in [0.1, 0.15) is 5.82 Å². The molecule has 0 aliphatic heterocycles. The van der Waals surface area contributed by atoms with Crippen LogP contribution in [0.1, 0.15) is 24.2 Å². The molecule has 0 spiro atoms. The predicted molar refractivity (Wildman–Crippen MR) is 80.1 cm³/mol. The molecule has 0 bridgehead atoms. The van der Waals surface area contributed by atoms with E-state index in [1.54, 1.807) is 17.3 Å². The second-order valence-electron chi connectivity index (χ2n) is 5.29. The van der Waals surface area contributed by atoms with E-state index >= 15 is 0 Å². The monoisotopic (exact) mass is 333 g/mol. The summed E-state index contributed by atoms with van der Waals surface area (Å²) in [6, 6.07) is 8.07. The number of carbonyl (C=O) groups excluding carboxylic acids is 1. The van der Waals surface area contributed by atoms with Gasteiger partial charge in [-0.25, -0.2) is 4.98 Å². The number of amides is 1. The Hall–Kier alpha value is -1.62. The molecule has 104 valence electrons. The number of hydrogen-bond acceptors (Lipinski definition) is 2. The Morgan fingerprint density at radius 3 is 2.65 bits per heavy atom. The molecule has 0 unspecified atom stereocenters. The fourth-order valence-corrected chi connectivity index (χ4v) is 2.83. The summed E-state index contributed by atoms with van der Waals surface area (Å²) in [6.45, 7) is 0.518. The summed E-state index contributed by atoms with van der Waals surface area (Å²) in [5, 5.41) is 0. The van der Waals surface area contributed by atoms with Crippen molar-refractivity contribution in [1.29, 1.82) is 0 Å². The predicted octanol–water partition coefficient (Wildman–Crippen LogP) is 2.86. The number of imidazole rings is 1. The zero-order valence-electron chi connectivity index (χ0n) is 11.3. The van der Waals surface area contributed by atoms with E-state index < -0.39 is 0 Å².